The molecule has 0 aliphatic rings. The Balaban J connectivity index is 2.19. The Morgan fingerprint density at radius 2 is 2.25 bits per heavy atom. The summed E-state index contributed by atoms with van der Waals surface area (Å²) in [6.07, 6.45) is 4.90. The second-order valence-electron chi connectivity index (χ2n) is 4.19. The van der Waals surface area contributed by atoms with Gasteiger partial charge in [-0.3, -0.25) is 0 Å². The molecule has 0 amide bonds. The average molecular weight is 225 g/mol. The second kappa shape index (κ2) is 7.41. The Morgan fingerprint density at radius 1 is 1.44 bits per heavy atom. The van der Waals surface area contributed by atoms with Crippen molar-refractivity contribution in [2.24, 2.45) is 0 Å². The van der Waals surface area contributed by atoms with Crippen molar-refractivity contribution in [3.63, 3.8) is 0 Å². The molecule has 0 saturated carbocycles. The number of hydrogen-bond acceptors (Lipinski definition) is 3. The first-order valence-electron chi connectivity index (χ1n) is 6.04. The van der Waals surface area contributed by atoms with Crippen molar-refractivity contribution in [2.75, 3.05) is 19.7 Å². The SMILES string of the molecule is CCCNCCOCc1cncn1C(C)C. The summed E-state index contributed by atoms with van der Waals surface area (Å²) in [5.41, 5.74) is 1.14. The lowest BCUT2D eigenvalue weighted by Gasteiger charge is -2.12. The third-order valence-electron chi connectivity index (χ3n) is 2.40. The standard InChI is InChI=1S/C12H23N3O/c1-4-5-13-6-7-16-9-12-8-14-10-15(12)11(2)3/h8,10-11,13H,4-7,9H2,1-3H3. The molecule has 0 fully saturated rings. The van der Waals surface area contributed by atoms with Gasteiger partial charge in [-0.1, -0.05) is 6.92 Å². The van der Waals surface area contributed by atoms with Crippen LogP contribution in [0.4, 0.5) is 0 Å². The quantitative estimate of drug-likeness (QED) is 0.688. The summed E-state index contributed by atoms with van der Waals surface area (Å²) in [5.74, 6) is 0. The Hall–Kier alpha value is -0.870. The first-order chi connectivity index (χ1) is 7.75. The van der Waals surface area contributed by atoms with Crippen LogP contribution >= 0.6 is 0 Å². The largest absolute Gasteiger partial charge is 0.374 e. The van der Waals surface area contributed by atoms with Gasteiger partial charge < -0.3 is 14.6 Å². The molecule has 0 bridgehead atoms. The van der Waals surface area contributed by atoms with Crippen molar-refractivity contribution >= 4 is 0 Å². The minimum Gasteiger partial charge on any atom is -0.374 e. The number of aromatic nitrogens is 2. The van der Waals surface area contributed by atoms with Crippen molar-refractivity contribution in [2.45, 2.75) is 39.8 Å². The lowest BCUT2D eigenvalue weighted by atomic mass is 10.3. The van der Waals surface area contributed by atoms with Gasteiger partial charge in [-0.2, -0.15) is 0 Å². The molecule has 1 rings (SSSR count). The molecule has 1 aromatic rings. The van der Waals surface area contributed by atoms with Gasteiger partial charge in [-0.05, 0) is 26.8 Å². The third kappa shape index (κ3) is 4.33. The van der Waals surface area contributed by atoms with Crippen LogP contribution in [0.5, 0.6) is 0 Å². The van der Waals surface area contributed by atoms with Crippen molar-refractivity contribution in [3.05, 3.63) is 18.2 Å². The van der Waals surface area contributed by atoms with Gasteiger partial charge in [0.05, 0.1) is 31.4 Å². The Labute approximate surface area is 98.0 Å². The minimum absolute atomic E-state index is 0.444. The van der Waals surface area contributed by atoms with E-state index in [0.29, 0.717) is 12.6 Å². The molecule has 0 atom stereocenters. The second-order valence-corrected chi connectivity index (χ2v) is 4.19. The van der Waals surface area contributed by atoms with E-state index in [1.165, 1.54) is 6.42 Å². The molecule has 0 aliphatic heterocycles. The number of imidazole rings is 1. The number of nitrogens with one attached hydrogen (secondary N) is 1. The summed E-state index contributed by atoms with van der Waals surface area (Å²) < 4.78 is 7.73. The van der Waals surface area contributed by atoms with E-state index in [2.05, 4.69) is 35.6 Å². The zero-order valence-corrected chi connectivity index (χ0v) is 10.6. The number of nitrogens with zero attached hydrogens (tertiary/aromatic N) is 2. The van der Waals surface area contributed by atoms with Gasteiger partial charge in [0, 0.05) is 12.6 Å². The van der Waals surface area contributed by atoms with Crippen molar-refractivity contribution < 1.29 is 4.74 Å². The van der Waals surface area contributed by atoms with E-state index in [1.54, 1.807) is 0 Å². The molecular weight excluding hydrogens is 202 g/mol. The molecule has 4 nitrogen and oxygen atoms in total. The van der Waals surface area contributed by atoms with E-state index in [0.717, 1.165) is 25.4 Å². The highest BCUT2D eigenvalue weighted by Crippen LogP contribution is 2.09. The number of ether oxygens (including phenoxy) is 1. The predicted molar refractivity (Wildman–Crippen MR) is 65.4 cm³/mol. The average Bonchev–Trinajstić information content (AvgIpc) is 2.71. The topological polar surface area (TPSA) is 39.1 Å². The highest BCUT2D eigenvalue weighted by atomic mass is 16.5. The van der Waals surface area contributed by atoms with Crippen molar-refractivity contribution in [1.29, 1.82) is 0 Å². The van der Waals surface area contributed by atoms with Gasteiger partial charge >= 0.3 is 0 Å². The molecule has 1 N–H and O–H groups in total. The molecule has 0 spiro atoms. The summed E-state index contributed by atoms with van der Waals surface area (Å²) in [6, 6.07) is 0.444. The first-order valence-corrected chi connectivity index (χ1v) is 6.04. The predicted octanol–water partition coefficient (Wildman–Crippen LogP) is 1.98. The van der Waals surface area contributed by atoms with Crippen LogP contribution in [0.1, 0.15) is 38.9 Å². The van der Waals surface area contributed by atoms with Crippen LogP contribution in [0.2, 0.25) is 0 Å². The third-order valence-corrected chi connectivity index (χ3v) is 2.40. The summed E-state index contributed by atoms with van der Waals surface area (Å²) >= 11 is 0. The van der Waals surface area contributed by atoms with Gasteiger partial charge in [-0.15, -0.1) is 0 Å². The molecule has 1 heterocycles. The maximum Gasteiger partial charge on any atom is 0.0951 e. The molecule has 0 saturated heterocycles. The van der Waals surface area contributed by atoms with Crippen LogP contribution in [0.15, 0.2) is 12.5 Å². The smallest absolute Gasteiger partial charge is 0.0951 e. The fourth-order valence-corrected chi connectivity index (χ4v) is 1.53. The normalized spacial score (nSPS) is 11.2. The number of hydrogen-bond donors (Lipinski definition) is 1. The van der Waals surface area contributed by atoms with Crippen LogP contribution in [-0.2, 0) is 11.3 Å². The number of rotatable bonds is 8. The van der Waals surface area contributed by atoms with Crippen LogP contribution in [0.25, 0.3) is 0 Å². The summed E-state index contributed by atoms with van der Waals surface area (Å²) in [7, 11) is 0. The summed E-state index contributed by atoms with van der Waals surface area (Å²) in [6.45, 7) is 9.84. The van der Waals surface area contributed by atoms with Gasteiger partial charge in [0.15, 0.2) is 0 Å². The van der Waals surface area contributed by atoms with Gasteiger partial charge in [0.25, 0.3) is 0 Å². The molecule has 1 aromatic heterocycles. The van der Waals surface area contributed by atoms with Crippen LogP contribution < -0.4 is 5.32 Å². The first kappa shape index (κ1) is 13.2. The molecule has 0 aromatic carbocycles. The van der Waals surface area contributed by atoms with Crippen molar-refractivity contribution in [1.82, 2.24) is 14.9 Å². The summed E-state index contributed by atoms with van der Waals surface area (Å²) in [5, 5.41) is 3.31. The molecule has 0 aliphatic carbocycles. The van der Waals surface area contributed by atoms with E-state index in [9.17, 15) is 0 Å². The Kier molecular flexibility index (Phi) is 6.11. The molecule has 16 heavy (non-hydrogen) atoms. The van der Waals surface area contributed by atoms with Gasteiger partial charge in [0.2, 0.25) is 0 Å². The van der Waals surface area contributed by atoms with Crippen LogP contribution in [0, 0.1) is 0 Å². The maximum absolute atomic E-state index is 5.59. The zero-order valence-electron chi connectivity index (χ0n) is 10.6. The van der Waals surface area contributed by atoms with Gasteiger partial charge in [-0.25, -0.2) is 4.98 Å². The molecule has 92 valence electrons. The van der Waals surface area contributed by atoms with E-state index in [4.69, 9.17) is 4.74 Å². The fraction of sp³-hybridized carbons (Fsp3) is 0.750. The Morgan fingerprint density at radius 3 is 2.94 bits per heavy atom. The van der Waals surface area contributed by atoms with E-state index < -0.39 is 0 Å². The van der Waals surface area contributed by atoms with E-state index >= 15 is 0 Å². The van der Waals surface area contributed by atoms with Crippen LogP contribution in [0.3, 0.4) is 0 Å². The lowest BCUT2D eigenvalue weighted by molar-refractivity contribution is 0.117. The van der Waals surface area contributed by atoms with Crippen molar-refractivity contribution in [3.8, 4) is 0 Å². The summed E-state index contributed by atoms with van der Waals surface area (Å²) in [4.78, 5) is 4.14. The minimum atomic E-state index is 0.444. The highest BCUT2D eigenvalue weighted by Gasteiger charge is 2.04. The monoisotopic (exact) mass is 225 g/mol. The Bertz CT molecular complexity index is 284. The van der Waals surface area contributed by atoms with E-state index in [-0.39, 0.29) is 0 Å². The lowest BCUT2D eigenvalue weighted by Crippen LogP contribution is -2.20. The van der Waals surface area contributed by atoms with Gasteiger partial charge in [0.1, 0.15) is 0 Å². The fourth-order valence-electron chi connectivity index (χ4n) is 1.53. The van der Waals surface area contributed by atoms with E-state index in [1.807, 2.05) is 12.5 Å². The molecular formula is C12H23N3O. The van der Waals surface area contributed by atoms with Crippen LogP contribution in [-0.4, -0.2) is 29.2 Å². The highest BCUT2D eigenvalue weighted by molar-refractivity contribution is 4.97. The maximum atomic E-state index is 5.59. The zero-order chi connectivity index (χ0) is 11.8. The molecule has 4 heteroatoms. The molecule has 0 unspecified atom stereocenters. The molecule has 0 radical (unpaired) electrons.